The van der Waals surface area contributed by atoms with E-state index in [4.69, 9.17) is 0 Å². The summed E-state index contributed by atoms with van der Waals surface area (Å²) in [5.74, 6) is -0.145. The lowest BCUT2D eigenvalue weighted by Crippen LogP contribution is -2.44. The summed E-state index contributed by atoms with van der Waals surface area (Å²) in [4.78, 5) is 17.1. The Bertz CT molecular complexity index is 601. The fourth-order valence-electron chi connectivity index (χ4n) is 2.62. The van der Waals surface area contributed by atoms with Crippen molar-refractivity contribution in [3.05, 3.63) is 27.9 Å². The largest absolute Gasteiger partial charge is 0.388 e. The predicted molar refractivity (Wildman–Crippen MR) is 85.8 cm³/mol. The van der Waals surface area contributed by atoms with Gasteiger partial charge in [-0.2, -0.15) is 11.3 Å². The van der Waals surface area contributed by atoms with E-state index in [-0.39, 0.29) is 5.91 Å². The number of thiazole rings is 1. The van der Waals surface area contributed by atoms with Crippen LogP contribution in [0.15, 0.2) is 23.0 Å². The zero-order valence-electron chi connectivity index (χ0n) is 11.7. The van der Waals surface area contributed by atoms with Crippen LogP contribution in [0.2, 0.25) is 0 Å². The van der Waals surface area contributed by atoms with Gasteiger partial charge in [-0.15, -0.1) is 11.3 Å². The zero-order chi connectivity index (χ0) is 14.7. The number of hydrogen-bond donors (Lipinski definition) is 2. The van der Waals surface area contributed by atoms with E-state index in [0.717, 1.165) is 36.3 Å². The summed E-state index contributed by atoms with van der Waals surface area (Å²) in [7, 11) is 0. The molecule has 2 aromatic rings. The van der Waals surface area contributed by atoms with E-state index in [0.29, 0.717) is 11.4 Å². The molecular formula is C15H18N2O2S2. The molecule has 0 saturated heterocycles. The summed E-state index contributed by atoms with van der Waals surface area (Å²) in [5.41, 5.74) is 0.323. The summed E-state index contributed by atoms with van der Waals surface area (Å²) >= 11 is 3.00. The fourth-order valence-corrected chi connectivity index (χ4v) is 4.16. The molecule has 2 aromatic heterocycles. The summed E-state index contributed by atoms with van der Waals surface area (Å²) in [5, 5.41) is 18.1. The summed E-state index contributed by atoms with van der Waals surface area (Å²) < 4.78 is 0. The number of carbonyl (C=O) groups is 1. The molecule has 0 atom stereocenters. The maximum atomic E-state index is 12.2. The van der Waals surface area contributed by atoms with Crippen LogP contribution in [0.25, 0.3) is 10.6 Å². The number of rotatable bonds is 4. The molecule has 1 amide bonds. The van der Waals surface area contributed by atoms with Gasteiger partial charge in [-0.3, -0.25) is 4.79 Å². The standard InChI is InChI=1S/C15H18N2O2S2/c18-13(17-10-15(19)5-2-1-3-6-15)12-8-16-14(21-12)11-4-7-20-9-11/h4,7-9,19H,1-3,5-6,10H2,(H,17,18). The molecule has 0 unspecified atom stereocenters. The highest BCUT2D eigenvalue weighted by atomic mass is 32.1. The Morgan fingerprint density at radius 3 is 2.90 bits per heavy atom. The molecule has 0 radical (unpaired) electrons. The molecule has 112 valence electrons. The van der Waals surface area contributed by atoms with E-state index in [2.05, 4.69) is 10.3 Å². The molecule has 1 aliphatic rings. The van der Waals surface area contributed by atoms with E-state index >= 15 is 0 Å². The van der Waals surface area contributed by atoms with Gasteiger partial charge in [-0.05, 0) is 24.3 Å². The molecular weight excluding hydrogens is 304 g/mol. The minimum atomic E-state index is -0.727. The van der Waals surface area contributed by atoms with Gasteiger partial charge in [0, 0.05) is 17.5 Å². The first-order chi connectivity index (χ1) is 10.2. The Hall–Kier alpha value is -1.24. The molecule has 1 fully saturated rings. The molecule has 3 rings (SSSR count). The van der Waals surface area contributed by atoms with Crippen LogP contribution in [0.4, 0.5) is 0 Å². The van der Waals surface area contributed by atoms with Gasteiger partial charge in [0.1, 0.15) is 9.88 Å². The van der Waals surface area contributed by atoms with Crippen LogP contribution in [0, 0.1) is 0 Å². The van der Waals surface area contributed by atoms with E-state index < -0.39 is 5.60 Å². The van der Waals surface area contributed by atoms with Crippen LogP contribution in [-0.2, 0) is 0 Å². The van der Waals surface area contributed by atoms with Crippen LogP contribution in [0.3, 0.4) is 0 Å². The first-order valence-electron chi connectivity index (χ1n) is 7.15. The number of hydrogen-bond acceptors (Lipinski definition) is 5. The number of aliphatic hydroxyl groups is 1. The average Bonchev–Trinajstić information content (AvgIpc) is 3.16. The SMILES string of the molecule is O=C(NCC1(O)CCCCC1)c1cnc(-c2ccsc2)s1. The lowest BCUT2D eigenvalue weighted by molar-refractivity contribution is 0.00529. The Kier molecular flexibility index (Phi) is 4.37. The second-order valence-corrected chi connectivity index (χ2v) is 7.32. The van der Waals surface area contributed by atoms with E-state index in [1.165, 1.54) is 17.8 Å². The van der Waals surface area contributed by atoms with E-state index in [1.54, 1.807) is 17.5 Å². The van der Waals surface area contributed by atoms with Crippen LogP contribution in [0.5, 0.6) is 0 Å². The monoisotopic (exact) mass is 322 g/mol. The van der Waals surface area contributed by atoms with Crippen LogP contribution in [0.1, 0.15) is 41.8 Å². The topological polar surface area (TPSA) is 62.2 Å². The van der Waals surface area contributed by atoms with Crippen molar-refractivity contribution in [3.63, 3.8) is 0 Å². The first-order valence-corrected chi connectivity index (χ1v) is 8.91. The van der Waals surface area contributed by atoms with Gasteiger partial charge in [-0.1, -0.05) is 19.3 Å². The summed E-state index contributed by atoms with van der Waals surface area (Å²) in [6.07, 6.45) is 6.41. The van der Waals surface area contributed by atoms with Crippen LogP contribution >= 0.6 is 22.7 Å². The lowest BCUT2D eigenvalue weighted by atomic mass is 9.85. The van der Waals surface area contributed by atoms with Gasteiger partial charge in [0.05, 0.1) is 11.8 Å². The van der Waals surface area contributed by atoms with Gasteiger partial charge in [0.15, 0.2) is 0 Å². The Labute approximate surface area is 131 Å². The van der Waals surface area contributed by atoms with Gasteiger partial charge < -0.3 is 10.4 Å². The fraction of sp³-hybridized carbons (Fsp3) is 0.467. The average molecular weight is 322 g/mol. The van der Waals surface area contributed by atoms with Crippen LogP contribution in [-0.4, -0.2) is 28.1 Å². The smallest absolute Gasteiger partial charge is 0.263 e. The molecule has 0 spiro atoms. The van der Waals surface area contributed by atoms with Crippen molar-refractivity contribution in [2.75, 3.05) is 6.54 Å². The third-order valence-electron chi connectivity index (χ3n) is 3.86. The predicted octanol–water partition coefficient (Wildman–Crippen LogP) is 3.30. The van der Waals surface area contributed by atoms with Gasteiger partial charge >= 0.3 is 0 Å². The van der Waals surface area contributed by atoms with Crippen molar-refractivity contribution >= 4 is 28.6 Å². The van der Waals surface area contributed by atoms with Crippen LogP contribution < -0.4 is 5.32 Å². The number of nitrogens with one attached hydrogen (secondary N) is 1. The molecule has 2 N–H and O–H groups in total. The molecule has 2 heterocycles. The normalized spacial score (nSPS) is 17.6. The minimum Gasteiger partial charge on any atom is -0.388 e. The zero-order valence-corrected chi connectivity index (χ0v) is 13.3. The molecule has 21 heavy (non-hydrogen) atoms. The van der Waals surface area contributed by atoms with Crippen molar-refractivity contribution in [2.45, 2.75) is 37.7 Å². The third kappa shape index (κ3) is 3.51. The highest BCUT2D eigenvalue weighted by Gasteiger charge is 2.29. The minimum absolute atomic E-state index is 0.145. The Morgan fingerprint density at radius 1 is 1.38 bits per heavy atom. The second kappa shape index (κ2) is 6.25. The number of carbonyl (C=O) groups excluding carboxylic acids is 1. The Morgan fingerprint density at radius 2 is 2.19 bits per heavy atom. The summed E-state index contributed by atoms with van der Waals surface area (Å²) in [6, 6.07) is 2.00. The molecule has 6 heteroatoms. The highest BCUT2D eigenvalue weighted by Crippen LogP contribution is 2.28. The molecule has 1 saturated carbocycles. The molecule has 1 aliphatic carbocycles. The lowest BCUT2D eigenvalue weighted by Gasteiger charge is -2.31. The summed E-state index contributed by atoms with van der Waals surface area (Å²) in [6.45, 7) is 0.331. The van der Waals surface area contributed by atoms with Gasteiger partial charge in [0.2, 0.25) is 0 Å². The van der Waals surface area contributed by atoms with Crippen molar-refractivity contribution in [1.29, 1.82) is 0 Å². The second-order valence-electron chi connectivity index (χ2n) is 5.51. The maximum Gasteiger partial charge on any atom is 0.263 e. The highest BCUT2D eigenvalue weighted by molar-refractivity contribution is 7.17. The van der Waals surface area contributed by atoms with Gasteiger partial charge in [0.25, 0.3) is 5.91 Å². The maximum absolute atomic E-state index is 12.2. The Balaban J connectivity index is 1.61. The molecule has 4 nitrogen and oxygen atoms in total. The molecule has 0 aliphatic heterocycles. The molecule has 0 aromatic carbocycles. The number of nitrogens with zero attached hydrogens (tertiary/aromatic N) is 1. The van der Waals surface area contributed by atoms with Crippen molar-refractivity contribution < 1.29 is 9.90 Å². The first kappa shape index (κ1) is 14.7. The van der Waals surface area contributed by atoms with E-state index in [9.17, 15) is 9.90 Å². The van der Waals surface area contributed by atoms with E-state index in [1.807, 2.05) is 16.8 Å². The van der Waals surface area contributed by atoms with Crippen molar-refractivity contribution in [1.82, 2.24) is 10.3 Å². The number of aromatic nitrogens is 1. The molecule has 0 bridgehead atoms. The number of thiophene rings is 1. The quantitative estimate of drug-likeness (QED) is 0.908. The van der Waals surface area contributed by atoms with Gasteiger partial charge in [-0.25, -0.2) is 4.98 Å². The van der Waals surface area contributed by atoms with Crippen molar-refractivity contribution in [3.8, 4) is 10.6 Å². The number of amides is 1. The third-order valence-corrected chi connectivity index (χ3v) is 5.59. The van der Waals surface area contributed by atoms with Crippen molar-refractivity contribution in [2.24, 2.45) is 0 Å².